The third kappa shape index (κ3) is 4.60. The van der Waals surface area contributed by atoms with Crippen LogP contribution in [0.1, 0.15) is 18.4 Å². The van der Waals surface area contributed by atoms with Gasteiger partial charge in [-0.3, -0.25) is 19.7 Å². The topological polar surface area (TPSA) is 144 Å². The lowest BCUT2D eigenvalue weighted by Crippen LogP contribution is -2.34. The number of amides is 4. The summed E-state index contributed by atoms with van der Waals surface area (Å²) in [5.74, 6) is -1.10. The van der Waals surface area contributed by atoms with Crippen LogP contribution in [0.4, 0.5) is 10.6 Å². The number of hydrogen-bond donors (Lipinski definition) is 3. The van der Waals surface area contributed by atoms with E-state index >= 15 is 0 Å². The number of anilines is 1. The minimum absolute atomic E-state index is 0.0158. The number of carbonyl (C=O) groups is 4. The number of carbonyl (C=O) groups excluding carboxylic acids is 4. The molecule has 0 spiro atoms. The number of nitrogens with two attached hydrogens (primary N) is 1. The van der Waals surface area contributed by atoms with Crippen molar-refractivity contribution in [2.45, 2.75) is 19.3 Å². The van der Waals surface area contributed by atoms with E-state index in [2.05, 4.69) is 15.6 Å². The number of benzene rings is 1. The number of hydrogen-bond acceptors (Lipinski definition) is 7. The third-order valence-corrected chi connectivity index (χ3v) is 4.00. The second-order valence-corrected chi connectivity index (χ2v) is 6.12. The zero-order valence-corrected chi connectivity index (χ0v) is 14.9. The van der Waals surface area contributed by atoms with Crippen molar-refractivity contribution in [1.29, 1.82) is 0 Å². The monoisotopic (exact) mass is 385 g/mol. The van der Waals surface area contributed by atoms with Crippen LogP contribution in [0.5, 0.6) is 0 Å². The molecule has 1 aromatic carbocycles. The van der Waals surface area contributed by atoms with Crippen molar-refractivity contribution >= 4 is 40.5 Å². The first-order valence-electron chi connectivity index (χ1n) is 8.67. The fraction of sp³-hybridized carbons (Fsp3) is 0.278. The van der Waals surface area contributed by atoms with E-state index in [-0.39, 0.29) is 31.0 Å². The van der Waals surface area contributed by atoms with Gasteiger partial charge in [0.15, 0.2) is 0 Å². The Kier molecular flexibility index (Phi) is 5.80. The molecule has 1 aliphatic rings. The molecule has 0 saturated carbocycles. The lowest BCUT2D eigenvalue weighted by Gasteiger charge is -2.13. The number of fused-ring (bicyclic) bond motifs is 1. The van der Waals surface area contributed by atoms with E-state index in [0.29, 0.717) is 23.7 Å². The molecule has 0 unspecified atom stereocenters. The van der Waals surface area contributed by atoms with Gasteiger partial charge in [0.2, 0.25) is 5.91 Å². The predicted molar refractivity (Wildman–Crippen MR) is 98.7 cm³/mol. The molecule has 28 heavy (non-hydrogen) atoms. The molecule has 4 N–H and O–H groups in total. The average Bonchev–Trinajstić information content (AvgIpc) is 2.98. The number of rotatable bonds is 6. The second kappa shape index (κ2) is 8.44. The van der Waals surface area contributed by atoms with Gasteiger partial charge in [0.1, 0.15) is 5.82 Å². The van der Waals surface area contributed by atoms with Crippen LogP contribution in [-0.4, -0.2) is 47.0 Å². The molecule has 10 nitrogen and oxygen atoms in total. The molecular weight excluding hydrogens is 366 g/mol. The van der Waals surface area contributed by atoms with E-state index < -0.39 is 17.9 Å². The van der Waals surface area contributed by atoms with Crippen LogP contribution in [-0.2, 0) is 25.6 Å². The Hall–Kier alpha value is -3.53. The Morgan fingerprint density at radius 3 is 2.57 bits per heavy atom. The Bertz CT molecular complexity index is 929. The van der Waals surface area contributed by atoms with Crippen molar-refractivity contribution in [1.82, 2.24) is 15.4 Å². The molecule has 0 aliphatic carbocycles. The molecule has 1 saturated heterocycles. The third-order valence-electron chi connectivity index (χ3n) is 4.00. The molecule has 1 aliphatic heterocycles. The van der Waals surface area contributed by atoms with Gasteiger partial charge in [-0.1, -0.05) is 12.1 Å². The first-order chi connectivity index (χ1) is 13.5. The first-order valence-corrected chi connectivity index (χ1v) is 8.67. The number of aromatic nitrogens is 1. The summed E-state index contributed by atoms with van der Waals surface area (Å²) in [4.78, 5) is 55.8. The summed E-state index contributed by atoms with van der Waals surface area (Å²) >= 11 is 0. The van der Waals surface area contributed by atoms with Gasteiger partial charge in [-0.05, 0) is 23.8 Å². The van der Waals surface area contributed by atoms with Crippen molar-refractivity contribution < 1.29 is 24.0 Å². The normalized spacial score (nSPS) is 13.7. The Morgan fingerprint density at radius 1 is 1.14 bits per heavy atom. The predicted octanol–water partition coefficient (Wildman–Crippen LogP) is 0.465. The zero-order valence-electron chi connectivity index (χ0n) is 14.9. The van der Waals surface area contributed by atoms with Crippen LogP contribution in [0.15, 0.2) is 30.3 Å². The summed E-state index contributed by atoms with van der Waals surface area (Å²) in [7, 11) is 0. The molecule has 10 heteroatoms. The van der Waals surface area contributed by atoms with Gasteiger partial charge in [-0.2, -0.15) is 0 Å². The maximum absolute atomic E-state index is 11.9. The summed E-state index contributed by atoms with van der Waals surface area (Å²) in [5, 5.41) is 6.34. The summed E-state index contributed by atoms with van der Waals surface area (Å²) in [6.45, 7) is 0.771. The van der Waals surface area contributed by atoms with Gasteiger partial charge in [0.25, 0.3) is 11.8 Å². The summed E-state index contributed by atoms with van der Waals surface area (Å²) in [5.41, 5.74) is 6.68. The fourth-order valence-corrected chi connectivity index (χ4v) is 2.67. The number of nitrogens with zero attached hydrogens (tertiary/aromatic N) is 2. The van der Waals surface area contributed by atoms with E-state index in [9.17, 15) is 19.2 Å². The van der Waals surface area contributed by atoms with Crippen molar-refractivity contribution in [3.05, 3.63) is 35.9 Å². The Labute approximate surface area is 160 Å². The molecule has 3 rings (SSSR count). The van der Waals surface area contributed by atoms with Gasteiger partial charge < -0.3 is 15.9 Å². The number of nitrogens with one attached hydrogen (secondary N) is 2. The number of hydroxylamine groups is 2. The maximum atomic E-state index is 11.9. The Balaban J connectivity index is 1.68. The van der Waals surface area contributed by atoms with Crippen LogP contribution in [0.2, 0.25) is 0 Å². The molecule has 2 aromatic rings. The van der Waals surface area contributed by atoms with E-state index in [4.69, 9.17) is 10.6 Å². The van der Waals surface area contributed by atoms with E-state index in [1.54, 1.807) is 18.2 Å². The maximum Gasteiger partial charge on any atom is 0.437 e. The van der Waals surface area contributed by atoms with E-state index in [1.807, 2.05) is 12.1 Å². The van der Waals surface area contributed by atoms with Crippen LogP contribution < -0.4 is 16.4 Å². The number of pyridine rings is 1. The SMILES string of the molecule is NCCNC(=O)Cc1ccc2ccc(NC(=O)ON3C(=O)CCC3=O)nc2c1. The van der Waals surface area contributed by atoms with Crippen molar-refractivity contribution in [3.63, 3.8) is 0 Å². The summed E-state index contributed by atoms with van der Waals surface area (Å²) in [6, 6.07) is 8.67. The molecule has 0 atom stereocenters. The van der Waals surface area contributed by atoms with Crippen molar-refractivity contribution in [3.8, 4) is 0 Å². The molecular formula is C18H19N5O5. The highest BCUT2D eigenvalue weighted by atomic mass is 16.7. The highest BCUT2D eigenvalue weighted by molar-refractivity contribution is 6.02. The van der Waals surface area contributed by atoms with Crippen molar-refractivity contribution in [2.24, 2.45) is 5.73 Å². The van der Waals surface area contributed by atoms with Gasteiger partial charge in [-0.15, -0.1) is 5.06 Å². The number of imide groups is 1. The smallest absolute Gasteiger partial charge is 0.355 e. The van der Waals surface area contributed by atoms with E-state index in [1.165, 1.54) is 0 Å². The highest BCUT2D eigenvalue weighted by Gasteiger charge is 2.32. The minimum atomic E-state index is -0.993. The average molecular weight is 385 g/mol. The molecule has 4 amide bonds. The summed E-state index contributed by atoms with van der Waals surface area (Å²) < 4.78 is 0. The van der Waals surface area contributed by atoms with E-state index in [0.717, 1.165) is 10.9 Å². The molecule has 1 fully saturated rings. The van der Waals surface area contributed by atoms with Gasteiger partial charge in [-0.25, -0.2) is 9.78 Å². The van der Waals surface area contributed by atoms with Crippen LogP contribution in [0, 0.1) is 0 Å². The molecule has 0 bridgehead atoms. The fourth-order valence-electron chi connectivity index (χ4n) is 2.67. The zero-order chi connectivity index (χ0) is 20.1. The first kappa shape index (κ1) is 19.2. The van der Waals surface area contributed by atoms with Crippen LogP contribution in [0.25, 0.3) is 10.9 Å². The standard InChI is InChI=1S/C18H19N5O5/c19-7-8-20-15(24)10-11-1-2-12-3-4-14(21-13(12)9-11)22-18(27)28-23-16(25)5-6-17(23)26/h1-4,9H,5-8,10,19H2,(H,20,24)(H,21,22,27). The molecule has 1 aromatic heterocycles. The van der Waals surface area contributed by atoms with Crippen LogP contribution >= 0.6 is 0 Å². The van der Waals surface area contributed by atoms with Gasteiger partial charge in [0, 0.05) is 31.3 Å². The lowest BCUT2D eigenvalue weighted by atomic mass is 10.1. The van der Waals surface area contributed by atoms with Crippen molar-refractivity contribution in [2.75, 3.05) is 18.4 Å². The minimum Gasteiger partial charge on any atom is -0.355 e. The molecule has 2 heterocycles. The highest BCUT2D eigenvalue weighted by Crippen LogP contribution is 2.18. The molecule has 146 valence electrons. The quantitative estimate of drug-likeness (QED) is 0.613. The van der Waals surface area contributed by atoms with Gasteiger partial charge in [0.05, 0.1) is 11.9 Å². The largest absolute Gasteiger partial charge is 0.437 e. The molecule has 0 radical (unpaired) electrons. The van der Waals surface area contributed by atoms with Gasteiger partial charge >= 0.3 is 6.09 Å². The lowest BCUT2D eigenvalue weighted by molar-refractivity contribution is -0.170. The summed E-state index contributed by atoms with van der Waals surface area (Å²) in [6.07, 6.45) is -0.784. The van der Waals surface area contributed by atoms with Crippen LogP contribution in [0.3, 0.4) is 0 Å². The Morgan fingerprint density at radius 2 is 1.86 bits per heavy atom. The second-order valence-electron chi connectivity index (χ2n) is 6.12.